The van der Waals surface area contributed by atoms with E-state index < -0.39 is 0 Å². The van der Waals surface area contributed by atoms with Crippen LogP contribution in [0.25, 0.3) is 10.9 Å². The van der Waals surface area contributed by atoms with Crippen molar-refractivity contribution < 1.29 is 0 Å². The Hall–Kier alpha value is -1.61. The number of pyridine rings is 1. The number of anilines is 1. The van der Waals surface area contributed by atoms with E-state index in [2.05, 4.69) is 36.4 Å². The summed E-state index contributed by atoms with van der Waals surface area (Å²) >= 11 is 0. The Morgan fingerprint density at radius 2 is 2.13 bits per heavy atom. The Bertz CT molecular complexity index is 491. The molecule has 0 fully saturated rings. The van der Waals surface area contributed by atoms with Gasteiger partial charge in [-0.05, 0) is 31.5 Å². The number of hydrogen-bond donors (Lipinski definition) is 2. The average molecular weight is 201 g/mol. The highest BCUT2D eigenvalue weighted by molar-refractivity contribution is 5.91. The molecular weight excluding hydrogens is 186 g/mol. The highest BCUT2D eigenvalue weighted by Gasteiger charge is 2.03. The second-order valence-corrected chi connectivity index (χ2v) is 3.68. The minimum absolute atomic E-state index is 0.915. The Morgan fingerprint density at radius 3 is 2.80 bits per heavy atom. The predicted octanol–water partition coefficient (Wildman–Crippen LogP) is 2.39. The lowest BCUT2D eigenvalue weighted by atomic mass is 10.1. The summed E-state index contributed by atoms with van der Waals surface area (Å²) in [7, 11) is 0. The second-order valence-electron chi connectivity index (χ2n) is 3.68. The van der Waals surface area contributed by atoms with Crippen LogP contribution in [-0.2, 0) is 6.42 Å². The number of nitrogens with two attached hydrogens (primary N) is 1. The number of rotatable bonds is 2. The van der Waals surface area contributed by atoms with Crippen molar-refractivity contribution in [3.05, 3.63) is 35.5 Å². The maximum absolute atomic E-state index is 5.51. The van der Waals surface area contributed by atoms with Crippen LogP contribution in [0.15, 0.2) is 24.3 Å². The van der Waals surface area contributed by atoms with E-state index in [1.165, 1.54) is 5.56 Å². The Labute approximate surface area is 89.3 Å². The van der Waals surface area contributed by atoms with Gasteiger partial charge in [-0.25, -0.2) is 0 Å². The van der Waals surface area contributed by atoms with Gasteiger partial charge < -0.3 is 5.43 Å². The molecule has 0 radical (unpaired) electrons. The first-order valence-corrected chi connectivity index (χ1v) is 5.11. The number of benzene rings is 1. The third kappa shape index (κ3) is 1.78. The molecule has 0 atom stereocenters. The standard InChI is InChI=1S/C12H15N3/c1-3-9-7-12(15-13)10-6-8(2)4-5-11(10)14-9/h4-7H,3,13H2,1-2H3,(H,14,15). The molecule has 1 heterocycles. The zero-order valence-corrected chi connectivity index (χ0v) is 9.04. The Kier molecular flexibility index (Phi) is 2.56. The van der Waals surface area contributed by atoms with Gasteiger partial charge in [0.1, 0.15) is 0 Å². The maximum atomic E-state index is 5.51. The van der Waals surface area contributed by atoms with Crippen molar-refractivity contribution in [2.24, 2.45) is 5.84 Å². The van der Waals surface area contributed by atoms with Crippen LogP contribution >= 0.6 is 0 Å². The molecule has 3 N–H and O–H groups in total. The van der Waals surface area contributed by atoms with Gasteiger partial charge >= 0.3 is 0 Å². The SMILES string of the molecule is CCc1cc(NN)c2cc(C)ccc2n1. The molecule has 15 heavy (non-hydrogen) atoms. The summed E-state index contributed by atoms with van der Waals surface area (Å²) in [5, 5.41) is 1.08. The lowest BCUT2D eigenvalue weighted by Gasteiger charge is -2.08. The van der Waals surface area contributed by atoms with Crippen molar-refractivity contribution in [3.63, 3.8) is 0 Å². The van der Waals surface area contributed by atoms with E-state index in [4.69, 9.17) is 5.84 Å². The molecule has 2 aromatic rings. The second kappa shape index (κ2) is 3.87. The first-order chi connectivity index (χ1) is 7.24. The summed E-state index contributed by atoms with van der Waals surface area (Å²) in [6, 6.07) is 8.19. The lowest BCUT2D eigenvalue weighted by molar-refractivity contribution is 1.05. The summed E-state index contributed by atoms with van der Waals surface area (Å²) in [5.41, 5.74) is 6.94. The molecule has 78 valence electrons. The topological polar surface area (TPSA) is 50.9 Å². The van der Waals surface area contributed by atoms with Gasteiger partial charge in [-0.15, -0.1) is 0 Å². The van der Waals surface area contributed by atoms with Crippen molar-refractivity contribution in [1.82, 2.24) is 4.98 Å². The van der Waals surface area contributed by atoms with Gasteiger partial charge in [0.05, 0.1) is 11.2 Å². The molecule has 2 rings (SSSR count). The first-order valence-electron chi connectivity index (χ1n) is 5.11. The van der Waals surface area contributed by atoms with Gasteiger partial charge in [0.15, 0.2) is 0 Å². The van der Waals surface area contributed by atoms with Crippen LogP contribution in [0.3, 0.4) is 0 Å². The number of hydrazine groups is 1. The molecule has 0 bridgehead atoms. The summed E-state index contributed by atoms with van der Waals surface area (Å²) < 4.78 is 0. The van der Waals surface area contributed by atoms with Crippen LogP contribution < -0.4 is 11.3 Å². The summed E-state index contributed by atoms with van der Waals surface area (Å²) in [6.45, 7) is 4.15. The quantitative estimate of drug-likeness (QED) is 0.579. The van der Waals surface area contributed by atoms with Crippen molar-refractivity contribution in [1.29, 1.82) is 0 Å². The van der Waals surface area contributed by atoms with Crippen LogP contribution in [0.2, 0.25) is 0 Å². The van der Waals surface area contributed by atoms with E-state index in [1.54, 1.807) is 0 Å². The fraction of sp³-hybridized carbons (Fsp3) is 0.250. The van der Waals surface area contributed by atoms with E-state index in [9.17, 15) is 0 Å². The molecule has 1 aromatic carbocycles. The molecule has 0 amide bonds. The maximum Gasteiger partial charge on any atom is 0.0726 e. The third-order valence-electron chi connectivity index (χ3n) is 2.53. The van der Waals surface area contributed by atoms with Crippen molar-refractivity contribution in [2.45, 2.75) is 20.3 Å². The van der Waals surface area contributed by atoms with Gasteiger partial charge in [0.25, 0.3) is 0 Å². The highest BCUT2D eigenvalue weighted by atomic mass is 15.2. The molecule has 3 heteroatoms. The fourth-order valence-corrected chi connectivity index (χ4v) is 1.69. The third-order valence-corrected chi connectivity index (χ3v) is 2.53. The van der Waals surface area contributed by atoms with E-state index in [-0.39, 0.29) is 0 Å². The lowest BCUT2D eigenvalue weighted by Crippen LogP contribution is -2.08. The molecule has 1 aromatic heterocycles. The van der Waals surface area contributed by atoms with Crippen LogP contribution in [0.5, 0.6) is 0 Å². The summed E-state index contributed by atoms with van der Waals surface area (Å²) in [6.07, 6.45) is 0.915. The van der Waals surface area contributed by atoms with Gasteiger partial charge in [0.2, 0.25) is 0 Å². The molecule has 0 saturated carbocycles. The van der Waals surface area contributed by atoms with Gasteiger partial charge in [0, 0.05) is 11.1 Å². The number of aromatic nitrogens is 1. The molecule has 3 nitrogen and oxygen atoms in total. The zero-order chi connectivity index (χ0) is 10.8. The molecule has 0 aliphatic heterocycles. The molecule has 0 unspecified atom stereocenters. The highest BCUT2D eigenvalue weighted by Crippen LogP contribution is 2.23. The van der Waals surface area contributed by atoms with Gasteiger partial charge in [-0.2, -0.15) is 0 Å². The van der Waals surface area contributed by atoms with E-state index in [0.717, 1.165) is 28.7 Å². The van der Waals surface area contributed by atoms with E-state index in [0.29, 0.717) is 0 Å². The van der Waals surface area contributed by atoms with Gasteiger partial charge in [-0.1, -0.05) is 18.6 Å². The Balaban J connectivity index is 2.75. The number of hydrogen-bond acceptors (Lipinski definition) is 3. The minimum atomic E-state index is 0.915. The molecule has 0 spiro atoms. The molecule has 0 saturated heterocycles. The molecule has 0 aliphatic rings. The van der Waals surface area contributed by atoms with Gasteiger partial charge in [-0.3, -0.25) is 10.8 Å². The number of nitrogens with zero attached hydrogens (tertiary/aromatic N) is 1. The van der Waals surface area contributed by atoms with Crippen LogP contribution in [0.4, 0.5) is 5.69 Å². The number of nitrogens with one attached hydrogen (secondary N) is 1. The normalized spacial score (nSPS) is 10.6. The van der Waals surface area contributed by atoms with Crippen LogP contribution in [-0.4, -0.2) is 4.98 Å². The molecular formula is C12H15N3. The number of nitrogen functional groups attached to an aromatic ring is 1. The molecule has 0 aliphatic carbocycles. The van der Waals surface area contributed by atoms with Crippen molar-refractivity contribution >= 4 is 16.6 Å². The zero-order valence-electron chi connectivity index (χ0n) is 9.04. The van der Waals surface area contributed by atoms with Crippen LogP contribution in [0.1, 0.15) is 18.2 Å². The van der Waals surface area contributed by atoms with E-state index >= 15 is 0 Å². The van der Waals surface area contributed by atoms with Crippen molar-refractivity contribution in [3.8, 4) is 0 Å². The predicted molar refractivity (Wildman–Crippen MR) is 63.7 cm³/mol. The van der Waals surface area contributed by atoms with Crippen LogP contribution in [0, 0.1) is 6.92 Å². The average Bonchev–Trinajstić information content (AvgIpc) is 2.27. The monoisotopic (exact) mass is 201 g/mol. The summed E-state index contributed by atoms with van der Waals surface area (Å²) in [5.74, 6) is 5.51. The first kappa shape index (κ1) is 9.93. The van der Waals surface area contributed by atoms with E-state index in [1.807, 2.05) is 12.1 Å². The fourth-order valence-electron chi connectivity index (χ4n) is 1.69. The smallest absolute Gasteiger partial charge is 0.0726 e. The minimum Gasteiger partial charge on any atom is -0.323 e. The van der Waals surface area contributed by atoms with Crippen molar-refractivity contribution in [2.75, 3.05) is 5.43 Å². The largest absolute Gasteiger partial charge is 0.323 e. The number of aryl methyl sites for hydroxylation is 2. The Morgan fingerprint density at radius 1 is 1.33 bits per heavy atom. The summed E-state index contributed by atoms with van der Waals surface area (Å²) in [4.78, 5) is 4.55. The number of fused-ring (bicyclic) bond motifs is 1.